The second-order valence-corrected chi connectivity index (χ2v) is 8.46. The lowest BCUT2D eigenvalue weighted by atomic mass is 10.1. The number of aliphatic hydroxyl groups is 1. The predicted octanol–water partition coefficient (Wildman–Crippen LogP) is 2.06. The predicted molar refractivity (Wildman–Crippen MR) is 74.2 cm³/mol. The largest absolute Gasteiger partial charge is 0.362 e. The summed E-state index contributed by atoms with van der Waals surface area (Å²) in [6.45, 7) is 2.03. The molecule has 1 aliphatic rings. The van der Waals surface area contributed by atoms with Gasteiger partial charge < -0.3 is 19.3 Å². The molecule has 1 aliphatic heterocycles. The van der Waals surface area contributed by atoms with Gasteiger partial charge in [-0.25, -0.2) is 0 Å². The summed E-state index contributed by atoms with van der Waals surface area (Å²) in [6, 6.07) is 2.30. The third kappa shape index (κ3) is 2.80. The summed E-state index contributed by atoms with van der Waals surface area (Å²) in [7, 11) is 3.43. The van der Waals surface area contributed by atoms with Crippen LogP contribution in [0.4, 0.5) is 0 Å². The van der Waals surface area contributed by atoms with E-state index < -0.39 is 20.0 Å². The summed E-state index contributed by atoms with van der Waals surface area (Å²) in [6.07, 6.45) is 5.09. The Hall–Kier alpha value is 0.0569. The fourth-order valence-corrected chi connectivity index (χ4v) is 7.47. The van der Waals surface area contributed by atoms with Crippen molar-refractivity contribution in [3.8, 4) is 0 Å². The third-order valence-corrected chi connectivity index (χ3v) is 8.43. The Bertz CT molecular complexity index is 239. The van der Waals surface area contributed by atoms with E-state index in [0.29, 0.717) is 6.42 Å². The van der Waals surface area contributed by atoms with Gasteiger partial charge in [0.2, 0.25) is 5.79 Å². The van der Waals surface area contributed by atoms with E-state index in [9.17, 15) is 5.11 Å². The highest BCUT2D eigenvalue weighted by atomic mass is 28.3. The Morgan fingerprint density at radius 1 is 1.00 bits per heavy atom. The highest BCUT2D eigenvalue weighted by Gasteiger charge is 2.57. The van der Waals surface area contributed by atoms with Crippen LogP contribution in [0.15, 0.2) is 0 Å². The normalized spacial score (nSPS) is 21.8. The molecule has 1 saturated heterocycles. The summed E-state index contributed by atoms with van der Waals surface area (Å²) >= 11 is 0. The van der Waals surface area contributed by atoms with Crippen molar-refractivity contribution < 1.29 is 19.3 Å². The standard InChI is InChI=1S/C13H28O4Si/c1-5-9-12(14,15-2)13(16-3,17-4)18-10-7-6-8-11-18/h14,18H,5-11H2,1-4H3. The van der Waals surface area contributed by atoms with E-state index in [-0.39, 0.29) is 0 Å². The van der Waals surface area contributed by atoms with Gasteiger partial charge in [0.25, 0.3) is 0 Å². The van der Waals surface area contributed by atoms with Crippen LogP contribution in [0.25, 0.3) is 0 Å². The lowest BCUT2D eigenvalue weighted by molar-refractivity contribution is -0.347. The van der Waals surface area contributed by atoms with Gasteiger partial charge in [0.1, 0.15) is 8.80 Å². The number of ether oxygens (including phenoxy) is 3. The first kappa shape index (κ1) is 16.1. The van der Waals surface area contributed by atoms with Crippen molar-refractivity contribution in [3.63, 3.8) is 0 Å². The average Bonchev–Trinajstić information content (AvgIpc) is 2.42. The third-order valence-electron chi connectivity index (χ3n) is 4.22. The molecular formula is C13H28O4Si. The summed E-state index contributed by atoms with van der Waals surface area (Å²) in [5.74, 6) is -1.32. The molecular weight excluding hydrogens is 248 g/mol. The maximum absolute atomic E-state index is 10.8. The molecule has 1 fully saturated rings. The van der Waals surface area contributed by atoms with Crippen LogP contribution in [0.2, 0.25) is 12.1 Å². The molecule has 1 rings (SSSR count). The van der Waals surface area contributed by atoms with E-state index in [1.807, 2.05) is 6.92 Å². The van der Waals surface area contributed by atoms with E-state index in [1.165, 1.54) is 19.3 Å². The zero-order valence-electron chi connectivity index (χ0n) is 12.2. The van der Waals surface area contributed by atoms with Crippen molar-refractivity contribution in [2.75, 3.05) is 21.3 Å². The molecule has 5 heteroatoms. The summed E-state index contributed by atoms with van der Waals surface area (Å²) in [4.78, 5) is 0. The molecule has 4 nitrogen and oxygen atoms in total. The first-order valence-corrected chi connectivity index (χ1v) is 9.19. The van der Waals surface area contributed by atoms with Crippen LogP contribution < -0.4 is 0 Å². The van der Waals surface area contributed by atoms with Crippen molar-refractivity contribution in [3.05, 3.63) is 0 Å². The van der Waals surface area contributed by atoms with Crippen molar-refractivity contribution in [2.45, 2.75) is 62.3 Å². The molecule has 0 radical (unpaired) electrons. The van der Waals surface area contributed by atoms with E-state index in [4.69, 9.17) is 14.2 Å². The van der Waals surface area contributed by atoms with Gasteiger partial charge in [0.15, 0.2) is 5.41 Å². The number of hydrogen-bond donors (Lipinski definition) is 1. The molecule has 0 aromatic carbocycles. The van der Waals surface area contributed by atoms with Gasteiger partial charge in [-0.1, -0.05) is 44.7 Å². The van der Waals surface area contributed by atoms with E-state index in [2.05, 4.69) is 0 Å². The Balaban J connectivity index is 3.02. The Labute approximate surface area is 112 Å². The minimum Gasteiger partial charge on any atom is -0.362 e. The van der Waals surface area contributed by atoms with E-state index >= 15 is 0 Å². The Morgan fingerprint density at radius 3 is 1.94 bits per heavy atom. The van der Waals surface area contributed by atoms with Gasteiger partial charge in [0, 0.05) is 27.8 Å². The number of methoxy groups -OCH3 is 3. The molecule has 1 atom stereocenters. The van der Waals surface area contributed by atoms with Crippen LogP contribution in [-0.4, -0.2) is 46.4 Å². The second-order valence-electron chi connectivity index (χ2n) is 5.15. The molecule has 0 amide bonds. The number of rotatable bonds is 7. The van der Waals surface area contributed by atoms with Crippen LogP contribution in [0.5, 0.6) is 0 Å². The fourth-order valence-electron chi connectivity index (χ4n) is 3.29. The monoisotopic (exact) mass is 276 g/mol. The Morgan fingerprint density at radius 2 is 1.56 bits per heavy atom. The quantitative estimate of drug-likeness (QED) is 0.571. The molecule has 0 aromatic rings. The minimum absolute atomic E-state index is 0.536. The molecule has 0 aliphatic carbocycles. The van der Waals surface area contributed by atoms with Crippen molar-refractivity contribution in [1.82, 2.24) is 0 Å². The molecule has 1 heterocycles. The van der Waals surface area contributed by atoms with Gasteiger partial charge in [-0.3, -0.25) is 0 Å². The van der Waals surface area contributed by atoms with Crippen LogP contribution in [0.1, 0.15) is 39.0 Å². The van der Waals surface area contributed by atoms with Crippen LogP contribution in [0, 0.1) is 0 Å². The topological polar surface area (TPSA) is 47.9 Å². The van der Waals surface area contributed by atoms with Gasteiger partial charge in [-0.2, -0.15) is 0 Å². The second kappa shape index (κ2) is 7.00. The molecule has 0 saturated carbocycles. The molecule has 1 unspecified atom stereocenters. The maximum atomic E-state index is 10.8. The molecule has 108 valence electrons. The molecule has 0 spiro atoms. The average molecular weight is 276 g/mol. The lowest BCUT2D eigenvalue weighted by Gasteiger charge is -2.48. The summed E-state index contributed by atoms with van der Waals surface area (Å²) in [5.41, 5.74) is -0.918. The SMILES string of the molecule is CCCC(O)(OC)C(OC)(OC)[SiH]1CCCCC1. The van der Waals surface area contributed by atoms with Gasteiger partial charge in [0.05, 0.1) is 0 Å². The van der Waals surface area contributed by atoms with Crippen molar-refractivity contribution in [1.29, 1.82) is 0 Å². The lowest BCUT2D eigenvalue weighted by Crippen LogP contribution is -2.66. The van der Waals surface area contributed by atoms with Crippen molar-refractivity contribution in [2.24, 2.45) is 0 Å². The first-order valence-electron chi connectivity index (χ1n) is 6.98. The zero-order chi connectivity index (χ0) is 13.6. The van der Waals surface area contributed by atoms with Crippen LogP contribution in [0.3, 0.4) is 0 Å². The van der Waals surface area contributed by atoms with Crippen LogP contribution in [-0.2, 0) is 14.2 Å². The fraction of sp³-hybridized carbons (Fsp3) is 1.00. The summed E-state index contributed by atoms with van der Waals surface area (Å²) < 4.78 is 16.8. The molecule has 1 N–H and O–H groups in total. The van der Waals surface area contributed by atoms with Gasteiger partial charge in [-0.15, -0.1) is 0 Å². The molecule has 0 aromatic heterocycles. The smallest absolute Gasteiger partial charge is 0.216 e. The summed E-state index contributed by atoms with van der Waals surface area (Å²) in [5, 5.41) is 10.8. The first-order chi connectivity index (χ1) is 8.60. The van der Waals surface area contributed by atoms with Gasteiger partial charge in [-0.05, 0) is 0 Å². The minimum atomic E-state index is -1.37. The maximum Gasteiger partial charge on any atom is 0.216 e. The van der Waals surface area contributed by atoms with E-state index in [0.717, 1.165) is 18.5 Å². The van der Waals surface area contributed by atoms with Crippen molar-refractivity contribution >= 4 is 8.80 Å². The van der Waals surface area contributed by atoms with Crippen LogP contribution >= 0.6 is 0 Å². The van der Waals surface area contributed by atoms with E-state index in [1.54, 1.807) is 21.3 Å². The molecule has 18 heavy (non-hydrogen) atoms. The number of hydrogen-bond acceptors (Lipinski definition) is 4. The van der Waals surface area contributed by atoms with Gasteiger partial charge >= 0.3 is 0 Å². The Kier molecular flexibility index (Phi) is 6.27. The zero-order valence-corrected chi connectivity index (χ0v) is 13.4. The highest BCUT2D eigenvalue weighted by molar-refractivity contribution is 6.62. The molecule has 0 bridgehead atoms. The highest BCUT2D eigenvalue weighted by Crippen LogP contribution is 2.39.